The Bertz CT molecular complexity index is 828. The third-order valence-corrected chi connectivity index (χ3v) is 8.62. The molecule has 3 fully saturated rings. The first-order chi connectivity index (χ1) is 17.0. The van der Waals surface area contributed by atoms with E-state index < -0.39 is 45.9 Å². The van der Waals surface area contributed by atoms with E-state index in [4.69, 9.17) is 4.74 Å². The van der Waals surface area contributed by atoms with E-state index in [-0.39, 0.29) is 24.7 Å². The number of rotatable bonds is 12. The first-order valence-electron chi connectivity index (χ1n) is 13.1. The smallest absolute Gasteiger partial charge is 0.407 e. The standard InChI is InChI=1S/C24H41N3O8S/c1-14(2)10-19(27-24(31)35-13-17-11-18(17)15-6-4-3-5-7-15)22(29)26-20(23(30)36(32,33)34)12-16-8-9-25-21(16)28/h14-20,23,30H,3-13H2,1-2H3,(H4-,25,26,27,28,29,31,32,33,34)/p+1/t16-,17+,18+,19-,20-,23-/m0/s1. The van der Waals surface area contributed by atoms with Crippen LogP contribution in [0.2, 0.25) is 0 Å². The minimum atomic E-state index is -4.66. The lowest BCUT2D eigenvalue weighted by atomic mass is 9.85. The Morgan fingerprint density at radius 1 is 1.14 bits per heavy atom. The maximum absolute atomic E-state index is 13.1. The van der Waals surface area contributed by atoms with Gasteiger partial charge in [0.05, 0.1) is 6.61 Å². The second-order valence-corrected chi connectivity index (χ2v) is 12.6. The SMILES string of the molecule is CC(C)C[C@H](NC(=O)OC[C@H]1C[C@@H]1C1CCCCC1)C(=O)N[C@@H](C[C@@H]1CCNC1=O)[C@@H](O)[S+](=O)(O)O. The number of carbonyl (C=O) groups excluding carboxylic acids is 3. The molecule has 0 spiro atoms. The number of aliphatic hydroxyl groups is 1. The lowest BCUT2D eigenvalue weighted by Crippen LogP contribution is -2.55. The van der Waals surface area contributed by atoms with Crippen LogP contribution in [0.4, 0.5) is 4.79 Å². The van der Waals surface area contributed by atoms with Gasteiger partial charge in [0.1, 0.15) is 12.1 Å². The van der Waals surface area contributed by atoms with Crippen LogP contribution >= 0.6 is 0 Å². The highest BCUT2D eigenvalue weighted by molar-refractivity contribution is 7.92. The average Bonchev–Trinajstić information content (AvgIpc) is 3.49. The quantitative estimate of drug-likeness (QED) is 0.207. The zero-order valence-corrected chi connectivity index (χ0v) is 22.0. The van der Waals surface area contributed by atoms with Crippen LogP contribution in [0.15, 0.2) is 0 Å². The summed E-state index contributed by atoms with van der Waals surface area (Å²) < 4.78 is 36.1. The van der Waals surface area contributed by atoms with Crippen LogP contribution in [0.3, 0.4) is 0 Å². The number of alkyl carbamates (subject to hydrolysis) is 1. The normalized spacial score (nSPS) is 27.2. The molecule has 2 aliphatic carbocycles. The molecule has 0 aromatic heterocycles. The maximum Gasteiger partial charge on any atom is 0.407 e. The summed E-state index contributed by atoms with van der Waals surface area (Å²) in [6, 6.07) is -2.39. The Morgan fingerprint density at radius 2 is 1.83 bits per heavy atom. The number of amides is 3. The largest absolute Gasteiger partial charge is 0.449 e. The molecule has 1 aliphatic heterocycles. The van der Waals surface area contributed by atoms with E-state index in [1.165, 1.54) is 32.1 Å². The molecule has 36 heavy (non-hydrogen) atoms. The summed E-state index contributed by atoms with van der Waals surface area (Å²) in [5.74, 6) is 0.112. The van der Waals surface area contributed by atoms with Crippen LogP contribution < -0.4 is 16.0 Å². The molecule has 11 nitrogen and oxygen atoms in total. The van der Waals surface area contributed by atoms with Crippen molar-refractivity contribution in [2.75, 3.05) is 13.2 Å². The highest BCUT2D eigenvalue weighted by Crippen LogP contribution is 2.49. The summed E-state index contributed by atoms with van der Waals surface area (Å²) >= 11 is 0. The van der Waals surface area contributed by atoms with Gasteiger partial charge in [-0.1, -0.05) is 46.0 Å². The third-order valence-electron chi connectivity index (χ3n) is 7.66. The first-order valence-corrected chi connectivity index (χ1v) is 14.7. The Balaban J connectivity index is 1.56. The zero-order valence-electron chi connectivity index (χ0n) is 21.2. The number of nitrogens with one attached hydrogen (secondary N) is 3. The third kappa shape index (κ3) is 8.39. The van der Waals surface area contributed by atoms with Crippen molar-refractivity contribution in [2.45, 2.75) is 89.2 Å². The van der Waals surface area contributed by atoms with Crippen molar-refractivity contribution in [2.24, 2.45) is 29.6 Å². The minimum Gasteiger partial charge on any atom is -0.449 e. The minimum absolute atomic E-state index is 0.0176. The average molecular weight is 533 g/mol. The van der Waals surface area contributed by atoms with E-state index in [2.05, 4.69) is 16.0 Å². The van der Waals surface area contributed by atoms with Gasteiger partial charge in [-0.2, -0.15) is 9.11 Å². The van der Waals surface area contributed by atoms with Crippen LogP contribution in [0.5, 0.6) is 0 Å². The zero-order chi connectivity index (χ0) is 26.5. The molecule has 0 aromatic carbocycles. The molecule has 3 rings (SSSR count). The summed E-state index contributed by atoms with van der Waals surface area (Å²) in [7, 11) is -4.66. The van der Waals surface area contributed by atoms with Crippen LogP contribution in [0.1, 0.15) is 71.6 Å². The monoisotopic (exact) mass is 532 g/mol. The molecule has 0 aromatic rings. The Morgan fingerprint density at radius 3 is 2.42 bits per heavy atom. The topological polar surface area (TPSA) is 174 Å². The Labute approximate surface area is 214 Å². The summed E-state index contributed by atoms with van der Waals surface area (Å²) in [6.07, 6.45) is 7.21. The molecular formula is C24H42N3O8S+. The fourth-order valence-corrected chi connectivity index (χ4v) is 6.20. The van der Waals surface area contributed by atoms with Crippen molar-refractivity contribution in [1.82, 2.24) is 16.0 Å². The van der Waals surface area contributed by atoms with E-state index in [0.717, 1.165) is 6.42 Å². The van der Waals surface area contributed by atoms with Crippen molar-refractivity contribution >= 4 is 28.4 Å². The molecule has 1 heterocycles. The molecule has 1 saturated heterocycles. The van der Waals surface area contributed by atoms with E-state index in [1.54, 1.807) is 0 Å². The van der Waals surface area contributed by atoms with E-state index in [0.29, 0.717) is 37.3 Å². The van der Waals surface area contributed by atoms with Crippen LogP contribution in [0, 0.1) is 29.6 Å². The van der Waals surface area contributed by atoms with Gasteiger partial charge < -0.3 is 25.8 Å². The van der Waals surface area contributed by atoms with Crippen LogP contribution in [-0.4, -0.2) is 62.8 Å². The molecule has 2 saturated carbocycles. The fourth-order valence-electron chi connectivity index (χ4n) is 5.59. The number of ether oxygens (including phenoxy) is 1. The maximum atomic E-state index is 13.1. The number of aliphatic hydroxyl groups excluding tert-OH is 1. The van der Waals surface area contributed by atoms with E-state index >= 15 is 0 Å². The number of carbonyl (C=O) groups is 3. The number of hydrogen-bond acceptors (Lipinski definition) is 6. The second-order valence-electron chi connectivity index (χ2n) is 11.0. The highest BCUT2D eigenvalue weighted by Gasteiger charge is 2.46. The van der Waals surface area contributed by atoms with E-state index in [1.807, 2.05) is 13.8 Å². The van der Waals surface area contributed by atoms with Crippen LogP contribution in [0.25, 0.3) is 0 Å². The van der Waals surface area contributed by atoms with Crippen molar-refractivity contribution in [3.8, 4) is 0 Å². The molecule has 12 heteroatoms. The molecule has 206 valence electrons. The van der Waals surface area contributed by atoms with Crippen molar-refractivity contribution < 1.29 is 37.5 Å². The number of hydrogen-bond donors (Lipinski definition) is 6. The fraction of sp³-hybridized carbons (Fsp3) is 0.875. The van der Waals surface area contributed by atoms with Gasteiger partial charge in [0.15, 0.2) is 0 Å². The Hall–Kier alpha value is -1.76. The summed E-state index contributed by atoms with van der Waals surface area (Å²) in [4.78, 5) is 37.6. The van der Waals surface area contributed by atoms with Crippen molar-refractivity contribution in [3.63, 3.8) is 0 Å². The predicted molar refractivity (Wildman–Crippen MR) is 133 cm³/mol. The molecule has 6 N–H and O–H groups in total. The van der Waals surface area contributed by atoms with Gasteiger partial charge in [-0.3, -0.25) is 9.59 Å². The predicted octanol–water partition coefficient (Wildman–Crippen LogP) is 2.12. The molecular weight excluding hydrogens is 490 g/mol. The van der Waals surface area contributed by atoms with Gasteiger partial charge in [-0.15, -0.1) is 0 Å². The highest BCUT2D eigenvalue weighted by atomic mass is 32.3. The van der Waals surface area contributed by atoms with Gasteiger partial charge in [0, 0.05) is 12.5 Å². The van der Waals surface area contributed by atoms with Crippen LogP contribution in [-0.2, 0) is 29.0 Å². The molecule has 3 amide bonds. The summed E-state index contributed by atoms with van der Waals surface area (Å²) in [5, 5.41) is 17.9. The van der Waals surface area contributed by atoms with Gasteiger partial charge >= 0.3 is 22.0 Å². The lowest BCUT2D eigenvalue weighted by molar-refractivity contribution is -0.126. The summed E-state index contributed by atoms with van der Waals surface area (Å²) in [6.45, 7) is 4.46. The first kappa shape index (κ1) is 28.8. The molecule has 6 atom stereocenters. The van der Waals surface area contributed by atoms with Gasteiger partial charge in [-0.05, 0) is 53.6 Å². The van der Waals surface area contributed by atoms with Crippen molar-refractivity contribution in [1.29, 1.82) is 0 Å². The van der Waals surface area contributed by atoms with E-state index in [9.17, 15) is 32.8 Å². The molecule has 0 unspecified atom stereocenters. The molecule has 0 bridgehead atoms. The van der Waals surface area contributed by atoms with Gasteiger partial charge in [-0.25, -0.2) is 4.79 Å². The summed E-state index contributed by atoms with van der Waals surface area (Å²) in [5.41, 5.74) is -2.20. The lowest BCUT2D eigenvalue weighted by Gasteiger charge is -2.26. The molecule has 3 aliphatic rings. The second kappa shape index (κ2) is 12.7. The van der Waals surface area contributed by atoms with Crippen molar-refractivity contribution in [3.05, 3.63) is 0 Å². The van der Waals surface area contributed by atoms with Gasteiger partial charge in [0.25, 0.3) is 0 Å². The van der Waals surface area contributed by atoms with Gasteiger partial charge in [0.2, 0.25) is 11.8 Å². The Kier molecular flexibility index (Phi) is 10.1. The molecule has 0 radical (unpaired) electrons.